The third-order valence-electron chi connectivity index (χ3n) is 3.63. The van der Waals surface area contributed by atoms with E-state index in [9.17, 15) is 4.79 Å². The number of hydrogen-bond donors (Lipinski definition) is 2. The smallest absolute Gasteiger partial charge is 0.320 e. The van der Waals surface area contributed by atoms with Crippen LogP contribution in [0.1, 0.15) is 49.4 Å². The Morgan fingerprint density at radius 3 is 2.39 bits per heavy atom. The van der Waals surface area contributed by atoms with Gasteiger partial charge in [-0.15, -0.1) is 0 Å². The predicted molar refractivity (Wildman–Crippen MR) is 89.0 cm³/mol. The molecule has 1 atom stereocenters. The van der Waals surface area contributed by atoms with Gasteiger partial charge in [0.05, 0.1) is 6.04 Å². The number of anilines is 1. The van der Waals surface area contributed by atoms with Crippen molar-refractivity contribution in [3.63, 3.8) is 0 Å². The highest BCUT2D eigenvalue weighted by Crippen LogP contribution is 2.19. The number of amides is 2. The van der Waals surface area contributed by atoms with E-state index in [-0.39, 0.29) is 17.9 Å². The number of nitriles is 1. The topological polar surface area (TPSA) is 82.7 Å². The highest BCUT2D eigenvalue weighted by Gasteiger charge is 2.14. The van der Waals surface area contributed by atoms with Gasteiger partial charge >= 0.3 is 6.03 Å². The summed E-state index contributed by atoms with van der Waals surface area (Å²) in [6.07, 6.45) is 1.56. The highest BCUT2D eigenvalue weighted by molar-refractivity contribution is 5.89. The van der Waals surface area contributed by atoms with Gasteiger partial charge in [0.15, 0.2) is 5.82 Å². The van der Waals surface area contributed by atoms with Crippen molar-refractivity contribution in [2.45, 2.75) is 32.7 Å². The maximum atomic E-state index is 12.1. The minimum atomic E-state index is -0.388. The molecule has 0 fully saturated rings. The van der Waals surface area contributed by atoms with Crippen molar-refractivity contribution in [1.29, 1.82) is 5.26 Å². The van der Waals surface area contributed by atoms with Gasteiger partial charge in [-0.3, -0.25) is 10.00 Å². The van der Waals surface area contributed by atoms with Crippen LogP contribution >= 0.6 is 0 Å². The van der Waals surface area contributed by atoms with E-state index in [0.717, 1.165) is 5.56 Å². The van der Waals surface area contributed by atoms with Gasteiger partial charge in [-0.25, -0.2) is 4.79 Å². The van der Waals surface area contributed by atoms with Crippen LogP contribution in [0.4, 0.5) is 10.6 Å². The lowest BCUT2D eigenvalue weighted by Gasteiger charge is -2.15. The Kier molecular flexibility index (Phi) is 5.02. The number of carbonyl (C=O) groups is 1. The molecule has 0 aliphatic rings. The fourth-order valence-corrected chi connectivity index (χ4v) is 2.26. The molecule has 2 amide bonds. The molecule has 0 radical (unpaired) electrons. The summed E-state index contributed by atoms with van der Waals surface area (Å²) in [5, 5.41) is 18.5. The summed E-state index contributed by atoms with van der Waals surface area (Å²) in [4.78, 5) is 12.1. The standard InChI is InChI=1S/C17H21N5O/c1-11(2)13-5-7-14(8-6-13)12(3)19-17(23)20-16-15(9-18)10-22(4)21-16/h5-8,10-12H,1-4H3,(H2,19,20,21,23). The third-order valence-corrected chi connectivity index (χ3v) is 3.63. The van der Waals surface area contributed by atoms with Crippen molar-refractivity contribution in [2.75, 3.05) is 5.32 Å². The number of benzene rings is 1. The molecule has 2 N–H and O–H groups in total. The zero-order chi connectivity index (χ0) is 17.0. The van der Waals surface area contributed by atoms with E-state index in [4.69, 9.17) is 5.26 Å². The van der Waals surface area contributed by atoms with E-state index in [2.05, 4.69) is 41.7 Å². The van der Waals surface area contributed by atoms with E-state index in [1.165, 1.54) is 10.2 Å². The molecule has 23 heavy (non-hydrogen) atoms. The first-order valence-corrected chi connectivity index (χ1v) is 7.51. The van der Waals surface area contributed by atoms with Crippen molar-refractivity contribution < 1.29 is 4.79 Å². The SMILES string of the molecule is CC(C)c1ccc(C(C)NC(=O)Nc2nn(C)cc2C#N)cc1. The Hall–Kier alpha value is -2.81. The van der Waals surface area contributed by atoms with Crippen LogP contribution in [0.5, 0.6) is 0 Å². The molecular formula is C17H21N5O. The summed E-state index contributed by atoms with van der Waals surface area (Å²) < 4.78 is 1.49. The second kappa shape index (κ2) is 6.97. The maximum absolute atomic E-state index is 12.1. The molecule has 1 heterocycles. The first-order valence-electron chi connectivity index (χ1n) is 7.51. The molecule has 0 aliphatic heterocycles. The Morgan fingerprint density at radius 2 is 1.83 bits per heavy atom. The van der Waals surface area contributed by atoms with Gasteiger partial charge in [-0.05, 0) is 24.0 Å². The van der Waals surface area contributed by atoms with E-state index in [1.54, 1.807) is 13.2 Å². The zero-order valence-electron chi connectivity index (χ0n) is 13.8. The first-order chi connectivity index (χ1) is 10.9. The van der Waals surface area contributed by atoms with Crippen LogP contribution in [0.25, 0.3) is 0 Å². The molecular weight excluding hydrogens is 290 g/mol. The summed E-state index contributed by atoms with van der Waals surface area (Å²) in [6.45, 7) is 6.20. The van der Waals surface area contributed by atoms with Crippen molar-refractivity contribution in [3.05, 3.63) is 47.2 Å². The third kappa shape index (κ3) is 4.10. The van der Waals surface area contributed by atoms with Crippen LogP contribution in [0, 0.1) is 11.3 Å². The molecule has 2 aromatic rings. The second-order valence-corrected chi connectivity index (χ2v) is 5.82. The van der Waals surface area contributed by atoms with Gasteiger partial charge < -0.3 is 5.32 Å². The fraction of sp³-hybridized carbons (Fsp3) is 0.353. The lowest BCUT2D eigenvalue weighted by Crippen LogP contribution is -2.31. The van der Waals surface area contributed by atoms with E-state index in [0.29, 0.717) is 11.5 Å². The molecule has 0 spiro atoms. The molecule has 0 bridgehead atoms. The Morgan fingerprint density at radius 1 is 1.22 bits per heavy atom. The van der Waals surface area contributed by atoms with Gasteiger partial charge in [0.25, 0.3) is 0 Å². The number of hydrogen-bond acceptors (Lipinski definition) is 3. The van der Waals surface area contributed by atoms with Crippen molar-refractivity contribution in [2.24, 2.45) is 7.05 Å². The minimum Gasteiger partial charge on any atom is -0.331 e. The van der Waals surface area contributed by atoms with Crippen molar-refractivity contribution in [3.8, 4) is 6.07 Å². The van der Waals surface area contributed by atoms with Crippen LogP contribution in [-0.4, -0.2) is 15.8 Å². The molecule has 1 unspecified atom stereocenters. The molecule has 0 saturated carbocycles. The van der Waals surface area contributed by atoms with Crippen LogP contribution < -0.4 is 10.6 Å². The Bertz CT molecular complexity index is 724. The van der Waals surface area contributed by atoms with Crippen LogP contribution in [0.15, 0.2) is 30.5 Å². The van der Waals surface area contributed by atoms with Crippen molar-refractivity contribution in [1.82, 2.24) is 15.1 Å². The lowest BCUT2D eigenvalue weighted by atomic mass is 10.00. The van der Waals surface area contributed by atoms with Gasteiger partial charge in [0, 0.05) is 13.2 Å². The summed E-state index contributed by atoms with van der Waals surface area (Å²) in [7, 11) is 1.70. The molecule has 120 valence electrons. The second-order valence-electron chi connectivity index (χ2n) is 5.82. The van der Waals surface area contributed by atoms with Crippen LogP contribution in [0.3, 0.4) is 0 Å². The predicted octanol–water partition coefficient (Wildman–Crippen LogP) is 3.30. The van der Waals surface area contributed by atoms with E-state index < -0.39 is 0 Å². The number of aryl methyl sites for hydroxylation is 1. The Balaban J connectivity index is 2.00. The first kappa shape index (κ1) is 16.6. The quantitative estimate of drug-likeness (QED) is 0.908. The van der Waals surface area contributed by atoms with Gasteiger partial charge in [0.1, 0.15) is 11.6 Å². The summed E-state index contributed by atoms with van der Waals surface area (Å²) in [6, 6.07) is 9.64. The van der Waals surface area contributed by atoms with Crippen LogP contribution in [0.2, 0.25) is 0 Å². The average Bonchev–Trinajstić information content (AvgIpc) is 2.86. The van der Waals surface area contributed by atoms with Crippen molar-refractivity contribution >= 4 is 11.8 Å². The number of urea groups is 1. The number of rotatable bonds is 4. The molecule has 1 aromatic heterocycles. The van der Waals surface area contributed by atoms with E-state index >= 15 is 0 Å². The van der Waals surface area contributed by atoms with Gasteiger partial charge in [-0.2, -0.15) is 10.4 Å². The molecule has 0 saturated heterocycles. The number of nitrogens with one attached hydrogen (secondary N) is 2. The molecule has 0 aliphatic carbocycles. The number of aromatic nitrogens is 2. The van der Waals surface area contributed by atoms with Gasteiger partial charge in [0.2, 0.25) is 0 Å². The molecule has 6 heteroatoms. The van der Waals surface area contributed by atoms with Gasteiger partial charge in [-0.1, -0.05) is 38.1 Å². The normalized spacial score (nSPS) is 11.8. The summed E-state index contributed by atoms with van der Waals surface area (Å²) >= 11 is 0. The lowest BCUT2D eigenvalue weighted by molar-refractivity contribution is 0.249. The zero-order valence-corrected chi connectivity index (χ0v) is 13.8. The molecule has 1 aromatic carbocycles. The number of nitrogens with zero attached hydrogens (tertiary/aromatic N) is 3. The summed E-state index contributed by atoms with van der Waals surface area (Å²) in [5.74, 6) is 0.735. The van der Waals surface area contributed by atoms with Crippen LogP contribution in [-0.2, 0) is 7.05 Å². The molecule has 6 nitrogen and oxygen atoms in total. The average molecular weight is 311 g/mol. The molecule has 2 rings (SSSR count). The highest BCUT2D eigenvalue weighted by atomic mass is 16.2. The minimum absolute atomic E-state index is 0.148. The monoisotopic (exact) mass is 311 g/mol. The maximum Gasteiger partial charge on any atom is 0.320 e. The fourth-order valence-electron chi connectivity index (χ4n) is 2.26. The largest absolute Gasteiger partial charge is 0.331 e. The Labute approximate surface area is 136 Å². The number of carbonyl (C=O) groups excluding carboxylic acids is 1. The van der Waals surface area contributed by atoms with E-state index in [1.807, 2.05) is 25.1 Å². The summed E-state index contributed by atoms with van der Waals surface area (Å²) in [5.41, 5.74) is 2.61.